The molecule has 0 fully saturated rings. The molecule has 1 unspecified atom stereocenters. The standard InChI is InChI=1S/C11H13ClN2O2/c1-13-10-6-4-9(16-3)7(12)5-8(6)14(2)11(10)15/h4-5,10,13H,1-3H3. The minimum absolute atomic E-state index is 0.0156. The molecule has 1 atom stereocenters. The van der Waals surface area contributed by atoms with Crippen LogP contribution in [0.4, 0.5) is 5.69 Å². The number of hydrogen-bond acceptors (Lipinski definition) is 3. The smallest absolute Gasteiger partial charge is 0.248 e. The first-order valence-electron chi connectivity index (χ1n) is 4.92. The van der Waals surface area contributed by atoms with Crippen molar-refractivity contribution in [1.29, 1.82) is 0 Å². The van der Waals surface area contributed by atoms with Gasteiger partial charge in [-0.3, -0.25) is 4.79 Å². The van der Waals surface area contributed by atoms with Crippen molar-refractivity contribution in [2.24, 2.45) is 0 Å². The van der Waals surface area contributed by atoms with Gasteiger partial charge in [0.15, 0.2) is 0 Å². The third-order valence-corrected chi connectivity index (χ3v) is 3.14. The number of halogens is 1. The minimum atomic E-state index is -0.314. The van der Waals surface area contributed by atoms with Crippen LogP contribution in [0, 0.1) is 0 Å². The first-order valence-corrected chi connectivity index (χ1v) is 5.30. The molecule has 1 aromatic rings. The van der Waals surface area contributed by atoms with Crippen molar-refractivity contribution < 1.29 is 9.53 Å². The highest BCUT2D eigenvalue weighted by Gasteiger charge is 2.35. The summed E-state index contributed by atoms with van der Waals surface area (Å²) in [6.07, 6.45) is 0. The number of fused-ring (bicyclic) bond motifs is 1. The van der Waals surface area contributed by atoms with Crippen LogP contribution in [0.3, 0.4) is 0 Å². The minimum Gasteiger partial charge on any atom is -0.495 e. The summed E-state index contributed by atoms with van der Waals surface area (Å²) >= 11 is 6.03. The van der Waals surface area contributed by atoms with Crippen LogP contribution in [0.25, 0.3) is 0 Å². The SMILES string of the molecule is CNC1C(=O)N(C)c2cc(Cl)c(OC)cc21. The van der Waals surface area contributed by atoms with Gasteiger partial charge in [-0.1, -0.05) is 11.6 Å². The topological polar surface area (TPSA) is 41.6 Å². The highest BCUT2D eigenvalue weighted by molar-refractivity contribution is 6.32. The van der Waals surface area contributed by atoms with E-state index >= 15 is 0 Å². The second kappa shape index (κ2) is 3.96. The van der Waals surface area contributed by atoms with Crippen molar-refractivity contribution in [3.05, 3.63) is 22.7 Å². The molecule has 0 spiro atoms. The first-order chi connectivity index (χ1) is 7.60. The lowest BCUT2D eigenvalue weighted by Crippen LogP contribution is -2.30. The maximum atomic E-state index is 11.9. The fourth-order valence-corrected chi connectivity index (χ4v) is 2.20. The van der Waals surface area contributed by atoms with Crippen molar-refractivity contribution >= 4 is 23.2 Å². The first kappa shape index (κ1) is 11.2. The number of methoxy groups -OCH3 is 1. The lowest BCUT2D eigenvalue weighted by molar-refractivity contribution is -0.119. The number of nitrogens with zero attached hydrogens (tertiary/aromatic N) is 1. The Morgan fingerprint density at radius 1 is 1.50 bits per heavy atom. The van der Waals surface area contributed by atoms with E-state index in [1.807, 2.05) is 0 Å². The molecule has 1 heterocycles. The van der Waals surface area contributed by atoms with E-state index in [4.69, 9.17) is 16.3 Å². The zero-order valence-corrected chi connectivity index (χ0v) is 10.1. The summed E-state index contributed by atoms with van der Waals surface area (Å²) in [6, 6.07) is 3.25. The fourth-order valence-electron chi connectivity index (χ4n) is 1.96. The van der Waals surface area contributed by atoms with Crippen LogP contribution in [0.5, 0.6) is 5.75 Å². The van der Waals surface area contributed by atoms with Gasteiger partial charge in [-0.05, 0) is 19.2 Å². The van der Waals surface area contributed by atoms with E-state index in [1.54, 1.807) is 38.2 Å². The van der Waals surface area contributed by atoms with E-state index in [0.29, 0.717) is 10.8 Å². The number of nitrogens with one attached hydrogen (secondary N) is 1. The number of ether oxygens (including phenoxy) is 1. The third-order valence-electron chi connectivity index (χ3n) is 2.84. The molecule has 1 aliphatic heterocycles. The number of anilines is 1. The molecular formula is C11H13ClN2O2. The molecule has 16 heavy (non-hydrogen) atoms. The summed E-state index contributed by atoms with van der Waals surface area (Å²) in [6.45, 7) is 0. The van der Waals surface area contributed by atoms with Gasteiger partial charge >= 0.3 is 0 Å². The molecular weight excluding hydrogens is 228 g/mol. The maximum Gasteiger partial charge on any atom is 0.248 e. The van der Waals surface area contributed by atoms with Crippen molar-refractivity contribution in [1.82, 2.24) is 5.32 Å². The van der Waals surface area contributed by atoms with Gasteiger partial charge in [-0.2, -0.15) is 0 Å². The fraction of sp³-hybridized carbons (Fsp3) is 0.364. The van der Waals surface area contributed by atoms with Gasteiger partial charge in [0.05, 0.1) is 17.8 Å². The largest absolute Gasteiger partial charge is 0.495 e. The molecule has 5 heteroatoms. The summed E-state index contributed by atoms with van der Waals surface area (Å²) in [4.78, 5) is 13.5. The summed E-state index contributed by atoms with van der Waals surface area (Å²) < 4.78 is 5.14. The zero-order valence-electron chi connectivity index (χ0n) is 9.37. The van der Waals surface area contributed by atoms with Gasteiger partial charge in [0.1, 0.15) is 11.8 Å². The molecule has 86 valence electrons. The lowest BCUT2D eigenvalue weighted by Gasteiger charge is -2.11. The van der Waals surface area contributed by atoms with Crippen molar-refractivity contribution in [3.63, 3.8) is 0 Å². The Bertz CT molecular complexity index is 448. The van der Waals surface area contributed by atoms with Crippen molar-refractivity contribution in [2.75, 3.05) is 26.1 Å². The average Bonchev–Trinajstić information content (AvgIpc) is 2.51. The van der Waals surface area contributed by atoms with Gasteiger partial charge < -0.3 is 15.0 Å². The number of amides is 1. The molecule has 0 radical (unpaired) electrons. The molecule has 0 aromatic heterocycles. The monoisotopic (exact) mass is 240 g/mol. The van der Waals surface area contributed by atoms with Crippen LogP contribution >= 0.6 is 11.6 Å². The zero-order chi connectivity index (χ0) is 11.9. The molecule has 1 N–H and O–H groups in total. The van der Waals surface area contributed by atoms with E-state index in [9.17, 15) is 4.79 Å². The van der Waals surface area contributed by atoms with Crippen LogP contribution < -0.4 is 15.0 Å². The summed E-state index contributed by atoms with van der Waals surface area (Å²) in [5.74, 6) is 0.602. The molecule has 1 aromatic carbocycles. The molecule has 0 bridgehead atoms. The second-order valence-corrected chi connectivity index (χ2v) is 4.07. The summed E-state index contributed by atoms with van der Waals surface area (Å²) in [5, 5.41) is 3.49. The summed E-state index contributed by atoms with van der Waals surface area (Å²) in [5.41, 5.74) is 1.73. The number of carbonyl (C=O) groups excluding carboxylic acids is 1. The Labute approximate surface area is 99.1 Å². The van der Waals surface area contributed by atoms with Gasteiger partial charge in [-0.15, -0.1) is 0 Å². The van der Waals surface area contributed by atoms with Crippen molar-refractivity contribution in [3.8, 4) is 5.75 Å². The van der Waals surface area contributed by atoms with Gasteiger partial charge in [-0.25, -0.2) is 0 Å². The normalized spacial score (nSPS) is 18.9. The number of rotatable bonds is 2. The molecule has 2 rings (SSSR count). The molecule has 4 nitrogen and oxygen atoms in total. The Morgan fingerprint density at radius 2 is 2.19 bits per heavy atom. The van der Waals surface area contributed by atoms with Crippen molar-refractivity contribution in [2.45, 2.75) is 6.04 Å². The van der Waals surface area contributed by atoms with Gasteiger partial charge in [0.25, 0.3) is 0 Å². The van der Waals surface area contributed by atoms with Crippen LogP contribution in [-0.4, -0.2) is 27.1 Å². The molecule has 1 amide bonds. The highest BCUT2D eigenvalue weighted by Crippen LogP contribution is 2.40. The predicted molar refractivity (Wildman–Crippen MR) is 63.2 cm³/mol. The number of benzene rings is 1. The van der Waals surface area contributed by atoms with E-state index in [1.165, 1.54) is 0 Å². The van der Waals surface area contributed by atoms with Crippen LogP contribution in [-0.2, 0) is 4.79 Å². The maximum absolute atomic E-state index is 11.9. The Hall–Kier alpha value is -1.26. The van der Waals surface area contributed by atoms with Crippen LogP contribution in [0.15, 0.2) is 12.1 Å². The van der Waals surface area contributed by atoms with Gasteiger partial charge in [0, 0.05) is 12.6 Å². The van der Waals surface area contributed by atoms with E-state index in [-0.39, 0.29) is 11.9 Å². The third kappa shape index (κ3) is 1.45. The average molecular weight is 241 g/mol. The van der Waals surface area contributed by atoms with Crippen LogP contribution in [0.1, 0.15) is 11.6 Å². The van der Waals surface area contributed by atoms with Crippen LogP contribution in [0.2, 0.25) is 5.02 Å². The number of hydrogen-bond donors (Lipinski definition) is 1. The van der Waals surface area contributed by atoms with E-state index < -0.39 is 0 Å². The molecule has 0 saturated carbocycles. The predicted octanol–water partition coefficient (Wildman–Crippen LogP) is 1.59. The molecule has 0 saturated heterocycles. The summed E-state index contributed by atoms with van der Waals surface area (Å²) in [7, 11) is 5.05. The van der Waals surface area contributed by atoms with E-state index in [0.717, 1.165) is 11.3 Å². The van der Waals surface area contributed by atoms with Gasteiger partial charge in [0.2, 0.25) is 5.91 Å². The number of carbonyl (C=O) groups is 1. The Kier molecular flexibility index (Phi) is 2.78. The Balaban J connectivity index is 2.58. The Morgan fingerprint density at radius 3 is 2.75 bits per heavy atom. The molecule has 0 aliphatic carbocycles. The molecule has 1 aliphatic rings. The lowest BCUT2D eigenvalue weighted by atomic mass is 10.1. The second-order valence-electron chi connectivity index (χ2n) is 3.66. The van der Waals surface area contributed by atoms with E-state index in [2.05, 4.69) is 5.32 Å². The highest BCUT2D eigenvalue weighted by atomic mass is 35.5. The number of likely N-dealkylation sites (N-methyl/N-ethyl adjacent to an activating group) is 2. The quantitative estimate of drug-likeness (QED) is 0.854.